The normalized spacial score (nSPS) is 12.5. The van der Waals surface area contributed by atoms with Gasteiger partial charge in [0.25, 0.3) is 0 Å². The fourth-order valence-electron chi connectivity index (χ4n) is 4.48. The average Bonchev–Trinajstić information content (AvgIpc) is 3.32. The molecule has 2 aromatic carbocycles. The lowest BCUT2D eigenvalue weighted by molar-refractivity contribution is -0.116. The predicted octanol–water partition coefficient (Wildman–Crippen LogP) is 4.55. The number of carbonyl (C=O) groups excluding carboxylic acids is 1. The van der Waals surface area contributed by atoms with Crippen molar-refractivity contribution in [2.75, 3.05) is 16.8 Å². The van der Waals surface area contributed by atoms with E-state index in [4.69, 9.17) is 5.26 Å². The van der Waals surface area contributed by atoms with Gasteiger partial charge in [-0.15, -0.1) is 0 Å². The second-order valence-electron chi connectivity index (χ2n) is 8.29. The summed E-state index contributed by atoms with van der Waals surface area (Å²) in [6.45, 7) is 6.33. The number of amides is 1. The van der Waals surface area contributed by atoms with Crippen molar-refractivity contribution in [3.05, 3.63) is 76.6 Å². The van der Waals surface area contributed by atoms with E-state index < -0.39 is 0 Å². The molecule has 0 spiro atoms. The number of aromatic nitrogens is 2. The lowest BCUT2D eigenvalue weighted by atomic mass is 10.1. The van der Waals surface area contributed by atoms with E-state index in [-0.39, 0.29) is 5.91 Å². The molecule has 1 aromatic heterocycles. The molecular formula is C26H29N5O. The first-order valence-corrected chi connectivity index (χ1v) is 11.2. The number of carbonyl (C=O) groups is 1. The van der Waals surface area contributed by atoms with Crippen molar-refractivity contribution in [1.82, 2.24) is 9.78 Å². The molecule has 4 rings (SSSR count). The van der Waals surface area contributed by atoms with E-state index >= 15 is 0 Å². The molecule has 32 heavy (non-hydrogen) atoms. The Balaban J connectivity index is 1.40. The van der Waals surface area contributed by atoms with E-state index in [0.29, 0.717) is 25.8 Å². The second-order valence-corrected chi connectivity index (χ2v) is 8.29. The highest BCUT2D eigenvalue weighted by Gasteiger charge is 2.20. The summed E-state index contributed by atoms with van der Waals surface area (Å²) in [7, 11) is 0. The number of fused-ring (bicyclic) bond motifs is 1. The van der Waals surface area contributed by atoms with Crippen molar-refractivity contribution in [3.8, 4) is 6.07 Å². The Bertz CT molecular complexity index is 1160. The lowest BCUT2D eigenvalue weighted by Gasteiger charge is -2.21. The van der Waals surface area contributed by atoms with Crippen LogP contribution in [0.5, 0.6) is 0 Å². The van der Waals surface area contributed by atoms with Crippen LogP contribution in [0.4, 0.5) is 11.4 Å². The highest BCUT2D eigenvalue weighted by atomic mass is 16.1. The number of para-hydroxylation sites is 2. The number of hydrogen-bond acceptors (Lipinski definition) is 4. The molecule has 1 N–H and O–H groups in total. The number of benzene rings is 2. The van der Waals surface area contributed by atoms with E-state index in [1.807, 2.05) is 36.7 Å². The van der Waals surface area contributed by atoms with Gasteiger partial charge in [-0.05, 0) is 55.5 Å². The standard InChI is InChI=1S/C26H29N5O/c1-19-23(20(2)31(29-19)16-7-15-27)12-13-26(32)28-24-10-5-3-9-22(24)18-30-17-14-21-8-4-6-11-25(21)30/h3-6,8-11H,7,12-14,16-18H2,1-2H3,(H,28,32). The van der Waals surface area contributed by atoms with Gasteiger partial charge in [-0.1, -0.05) is 36.4 Å². The van der Waals surface area contributed by atoms with Crippen LogP contribution in [-0.2, 0) is 30.7 Å². The van der Waals surface area contributed by atoms with Crippen LogP contribution in [-0.4, -0.2) is 22.2 Å². The topological polar surface area (TPSA) is 73.9 Å². The van der Waals surface area contributed by atoms with Gasteiger partial charge in [-0.3, -0.25) is 9.48 Å². The van der Waals surface area contributed by atoms with Gasteiger partial charge >= 0.3 is 0 Å². The first kappa shape index (κ1) is 21.6. The van der Waals surface area contributed by atoms with E-state index in [9.17, 15) is 4.79 Å². The largest absolute Gasteiger partial charge is 0.367 e. The molecule has 2 heterocycles. The van der Waals surface area contributed by atoms with Crippen molar-refractivity contribution < 1.29 is 4.79 Å². The zero-order valence-corrected chi connectivity index (χ0v) is 18.8. The number of nitrogens with one attached hydrogen (secondary N) is 1. The first-order valence-electron chi connectivity index (χ1n) is 11.2. The minimum atomic E-state index is 0.00264. The Morgan fingerprint density at radius 1 is 1.16 bits per heavy atom. The number of anilines is 2. The second kappa shape index (κ2) is 9.69. The predicted molar refractivity (Wildman–Crippen MR) is 127 cm³/mol. The lowest BCUT2D eigenvalue weighted by Crippen LogP contribution is -2.21. The number of hydrogen-bond donors (Lipinski definition) is 1. The maximum atomic E-state index is 12.8. The summed E-state index contributed by atoms with van der Waals surface area (Å²) in [5.74, 6) is 0.00264. The van der Waals surface area contributed by atoms with Crippen LogP contribution in [0.3, 0.4) is 0 Å². The molecule has 0 unspecified atom stereocenters. The maximum Gasteiger partial charge on any atom is 0.224 e. The number of rotatable bonds is 8. The third-order valence-corrected chi connectivity index (χ3v) is 6.20. The maximum absolute atomic E-state index is 12.8. The van der Waals surface area contributed by atoms with Crippen molar-refractivity contribution in [2.24, 2.45) is 0 Å². The molecule has 0 fully saturated rings. The molecule has 0 saturated carbocycles. The summed E-state index contributed by atoms with van der Waals surface area (Å²) in [6, 6.07) is 18.7. The molecule has 1 aliphatic rings. The molecule has 0 bridgehead atoms. The molecule has 164 valence electrons. The molecule has 0 radical (unpaired) electrons. The fourth-order valence-corrected chi connectivity index (χ4v) is 4.48. The van der Waals surface area contributed by atoms with E-state index in [2.05, 4.69) is 51.7 Å². The Kier molecular flexibility index (Phi) is 6.55. The Morgan fingerprint density at radius 2 is 1.94 bits per heavy atom. The van der Waals surface area contributed by atoms with Crippen LogP contribution < -0.4 is 10.2 Å². The van der Waals surface area contributed by atoms with Crippen LogP contribution in [0.25, 0.3) is 0 Å². The summed E-state index contributed by atoms with van der Waals surface area (Å²) in [5, 5.41) is 16.5. The zero-order valence-electron chi connectivity index (χ0n) is 18.8. The molecule has 3 aromatic rings. The molecule has 6 heteroatoms. The number of nitriles is 1. The van der Waals surface area contributed by atoms with Crippen molar-refractivity contribution >= 4 is 17.3 Å². The SMILES string of the molecule is Cc1nn(CCC#N)c(C)c1CCC(=O)Nc1ccccc1CN1CCc2ccccc21. The van der Waals surface area contributed by atoms with Crippen LogP contribution in [0.2, 0.25) is 0 Å². The molecule has 6 nitrogen and oxygen atoms in total. The Hall–Kier alpha value is -3.59. The monoisotopic (exact) mass is 427 g/mol. The Morgan fingerprint density at radius 3 is 2.78 bits per heavy atom. The molecular weight excluding hydrogens is 398 g/mol. The quantitative estimate of drug-likeness (QED) is 0.572. The van der Waals surface area contributed by atoms with E-state index in [1.54, 1.807) is 0 Å². The van der Waals surface area contributed by atoms with E-state index in [1.165, 1.54) is 11.3 Å². The van der Waals surface area contributed by atoms with Crippen molar-refractivity contribution in [1.29, 1.82) is 5.26 Å². The first-order chi connectivity index (χ1) is 15.6. The molecule has 0 atom stereocenters. The zero-order chi connectivity index (χ0) is 22.5. The van der Waals surface area contributed by atoms with Crippen LogP contribution in [0.1, 0.15) is 40.9 Å². The fraction of sp³-hybridized carbons (Fsp3) is 0.346. The summed E-state index contributed by atoms with van der Waals surface area (Å²) in [5.41, 5.74) is 7.73. The van der Waals surface area contributed by atoms with Crippen LogP contribution >= 0.6 is 0 Å². The smallest absolute Gasteiger partial charge is 0.224 e. The van der Waals surface area contributed by atoms with E-state index in [0.717, 1.165) is 47.7 Å². The van der Waals surface area contributed by atoms with Gasteiger partial charge in [0.15, 0.2) is 0 Å². The van der Waals surface area contributed by atoms with Gasteiger partial charge in [0.2, 0.25) is 5.91 Å². The minimum Gasteiger partial charge on any atom is -0.367 e. The van der Waals surface area contributed by atoms with Gasteiger partial charge < -0.3 is 10.2 Å². The van der Waals surface area contributed by atoms with Crippen LogP contribution in [0, 0.1) is 25.2 Å². The van der Waals surface area contributed by atoms with Gasteiger partial charge in [0.05, 0.1) is 24.7 Å². The molecule has 0 saturated heterocycles. The van der Waals surface area contributed by atoms with Gasteiger partial charge in [-0.2, -0.15) is 10.4 Å². The highest BCUT2D eigenvalue weighted by molar-refractivity contribution is 5.91. The molecule has 1 amide bonds. The minimum absolute atomic E-state index is 0.00264. The Labute approximate surface area is 189 Å². The molecule has 1 aliphatic heterocycles. The average molecular weight is 428 g/mol. The van der Waals surface area contributed by atoms with Gasteiger partial charge in [0, 0.05) is 36.6 Å². The van der Waals surface area contributed by atoms with Gasteiger partial charge in [-0.25, -0.2) is 0 Å². The molecule has 0 aliphatic carbocycles. The summed E-state index contributed by atoms with van der Waals surface area (Å²) < 4.78 is 1.87. The summed E-state index contributed by atoms with van der Waals surface area (Å²) in [4.78, 5) is 15.2. The number of nitrogens with zero attached hydrogens (tertiary/aromatic N) is 4. The van der Waals surface area contributed by atoms with Gasteiger partial charge in [0.1, 0.15) is 0 Å². The summed E-state index contributed by atoms with van der Waals surface area (Å²) in [6.07, 6.45) is 2.52. The highest BCUT2D eigenvalue weighted by Crippen LogP contribution is 2.30. The van der Waals surface area contributed by atoms with Crippen molar-refractivity contribution in [3.63, 3.8) is 0 Å². The third-order valence-electron chi connectivity index (χ3n) is 6.20. The van der Waals surface area contributed by atoms with Crippen molar-refractivity contribution in [2.45, 2.75) is 52.6 Å². The van der Waals surface area contributed by atoms with Crippen LogP contribution in [0.15, 0.2) is 48.5 Å². The number of aryl methyl sites for hydroxylation is 2. The third kappa shape index (κ3) is 4.67. The summed E-state index contributed by atoms with van der Waals surface area (Å²) >= 11 is 0.